The monoisotopic (exact) mass is 346 g/mol. The molecular formula is C17H18N2O4S. The first kappa shape index (κ1) is 16.4. The molecule has 0 aliphatic carbocycles. The number of ether oxygens (including phenoxy) is 2. The number of nitrogens with zero attached hydrogens (tertiary/aromatic N) is 1. The topological polar surface area (TPSA) is 69.6 Å². The fourth-order valence-corrected chi connectivity index (χ4v) is 2.93. The van der Waals surface area contributed by atoms with Crippen LogP contribution in [0.3, 0.4) is 0 Å². The Hall–Kier alpha value is -2.51. The summed E-state index contributed by atoms with van der Waals surface area (Å²) in [5.74, 6) is 1.36. The Morgan fingerprint density at radius 2 is 1.67 bits per heavy atom. The number of hydrogen-bond donors (Lipinski definition) is 2. The zero-order valence-corrected chi connectivity index (χ0v) is 14.2. The van der Waals surface area contributed by atoms with Crippen LogP contribution in [-0.2, 0) is 17.4 Å². The highest BCUT2D eigenvalue weighted by molar-refractivity contribution is 7.70. The van der Waals surface area contributed by atoms with Crippen LogP contribution < -0.4 is 14.2 Å². The van der Waals surface area contributed by atoms with Gasteiger partial charge in [0.2, 0.25) is 10.9 Å². The summed E-state index contributed by atoms with van der Waals surface area (Å²) in [7, 11) is 0.642. The van der Waals surface area contributed by atoms with E-state index >= 15 is 0 Å². The van der Waals surface area contributed by atoms with E-state index in [1.165, 1.54) is 0 Å². The van der Waals surface area contributed by atoms with Crippen LogP contribution in [-0.4, -0.2) is 27.2 Å². The standard InChI is InChI=1S/C17H18N2O4S/c1-22-16-9-13-7-8-19(15(13)10-17(16)23-2)14-5-3-12(4-6-14)11-18-24(20)21/h3-10,24H,11H2,1-2H3,(H,18,20,21). The predicted molar refractivity (Wildman–Crippen MR) is 93.5 cm³/mol. The van der Waals surface area contributed by atoms with Crippen LogP contribution in [0, 0.1) is 0 Å². The van der Waals surface area contributed by atoms with Crippen LogP contribution in [0.15, 0.2) is 48.7 Å². The third-order valence-corrected chi connectivity index (χ3v) is 4.24. The molecular weight excluding hydrogens is 328 g/mol. The van der Waals surface area contributed by atoms with Crippen LogP contribution in [0.4, 0.5) is 0 Å². The summed E-state index contributed by atoms with van der Waals surface area (Å²) in [5.41, 5.74) is 2.88. The molecule has 126 valence electrons. The van der Waals surface area contributed by atoms with E-state index in [4.69, 9.17) is 9.47 Å². The Balaban J connectivity index is 1.97. The number of rotatable bonds is 6. The molecule has 0 saturated carbocycles. The first-order valence-electron chi connectivity index (χ1n) is 7.32. The molecule has 1 aromatic heterocycles. The minimum atomic E-state index is -2.58. The lowest BCUT2D eigenvalue weighted by Gasteiger charge is -2.10. The van der Waals surface area contributed by atoms with Crippen molar-refractivity contribution in [3.63, 3.8) is 0 Å². The van der Waals surface area contributed by atoms with Gasteiger partial charge in [0.15, 0.2) is 11.5 Å². The van der Waals surface area contributed by atoms with Crippen molar-refractivity contribution in [3.05, 3.63) is 54.2 Å². The Bertz CT molecular complexity index is 922. The van der Waals surface area contributed by atoms with Crippen LogP contribution in [0.1, 0.15) is 5.56 Å². The van der Waals surface area contributed by atoms with Crippen LogP contribution in [0.2, 0.25) is 0 Å². The quantitative estimate of drug-likeness (QED) is 0.672. The molecule has 0 aliphatic rings. The lowest BCUT2D eigenvalue weighted by molar-refractivity contribution is 0.356. The highest BCUT2D eigenvalue weighted by Gasteiger charge is 2.10. The molecule has 0 aliphatic heterocycles. The average molecular weight is 346 g/mol. The Labute approximate surface area is 141 Å². The fourth-order valence-electron chi connectivity index (χ4n) is 2.62. The minimum Gasteiger partial charge on any atom is -0.493 e. The maximum atomic E-state index is 10.6. The molecule has 0 radical (unpaired) electrons. The van der Waals surface area contributed by atoms with Gasteiger partial charge in [0.05, 0.1) is 19.7 Å². The molecule has 7 heteroatoms. The predicted octanol–water partition coefficient (Wildman–Crippen LogP) is 2.26. The largest absolute Gasteiger partial charge is 0.493 e. The zero-order valence-electron chi connectivity index (χ0n) is 13.4. The summed E-state index contributed by atoms with van der Waals surface area (Å²) in [4.78, 5) is 0. The average Bonchev–Trinajstić information content (AvgIpc) is 3.01. The van der Waals surface area contributed by atoms with Crippen LogP contribution >= 0.6 is 0 Å². The maximum Gasteiger partial charge on any atom is 0.201 e. The SMILES string of the molecule is COc1cc2ccn(-c3ccc(CN[SH](=O)=O)cc3)c2cc1OC. The van der Waals surface area contributed by atoms with E-state index in [-0.39, 0.29) is 6.54 Å². The second-order valence-electron chi connectivity index (χ2n) is 5.21. The maximum absolute atomic E-state index is 10.6. The molecule has 1 N–H and O–H groups in total. The number of fused-ring (bicyclic) bond motifs is 1. The van der Waals surface area contributed by atoms with Crippen molar-refractivity contribution in [1.29, 1.82) is 0 Å². The van der Waals surface area contributed by atoms with Crippen molar-refractivity contribution in [3.8, 4) is 17.2 Å². The molecule has 6 nitrogen and oxygen atoms in total. The third kappa shape index (κ3) is 3.22. The molecule has 1 heterocycles. The number of methoxy groups -OCH3 is 2. The van der Waals surface area contributed by atoms with Gasteiger partial charge >= 0.3 is 0 Å². The smallest absolute Gasteiger partial charge is 0.201 e. The van der Waals surface area contributed by atoms with Gasteiger partial charge < -0.3 is 14.0 Å². The summed E-state index contributed by atoms with van der Waals surface area (Å²) in [6, 6.07) is 13.6. The second-order valence-corrected chi connectivity index (χ2v) is 6.04. The van der Waals surface area contributed by atoms with Crippen molar-refractivity contribution in [2.45, 2.75) is 6.54 Å². The Morgan fingerprint density at radius 1 is 1.00 bits per heavy atom. The summed E-state index contributed by atoms with van der Waals surface area (Å²) in [5, 5.41) is 1.04. The van der Waals surface area contributed by atoms with Crippen LogP contribution in [0.5, 0.6) is 11.5 Å². The number of aromatic nitrogens is 1. The van der Waals surface area contributed by atoms with Crippen molar-refractivity contribution in [1.82, 2.24) is 9.29 Å². The molecule has 0 unspecified atom stereocenters. The molecule has 0 spiro atoms. The molecule has 3 rings (SSSR count). The van der Waals surface area contributed by atoms with Gasteiger partial charge in [-0.05, 0) is 29.8 Å². The van der Waals surface area contributed by atoms with E-state index in [1.54, 1.807) is 14.2 Å². The molecule has 0 atom stereocenters. The minimum absolute atomic E-state index is 0.288. The lowest BCUT2D eigenvalue weighted by Crippen LogP contribution is -2.10. The summed E-state index contributed by atoms with van der Waals surface area (Å²) >= 11 is 0. The van der Waals surface area contributed by atoms with E-state index in [0.29, 0.717) is 11.5 Å². The highest BCUT2D eigenvalue weighted by Crippen LogP contribution is 2.33. The molecule has 3 aromatic rings. The van der Waals surface area contributed by atoms with Crippen LogP contribution in [0.25, 0.3) is 16.6 Å². The normalized spacial score (nSPS) is 11.1. The van der Waals surface area contributed by atoms with E-state index < -0.39 is 10.9 Å². The van der Waals surface area contributed by atoms with Gasteiger partial charge in [0.1, 0.15) is 0 Å². The molecule has 24 heavy (non-hydrogen) atoms. The summed E-state index contributed by atoms with van der Waals surface area (Å²) in [6.45, 7) is 0.288. The van der Waals surface area contributed by atoms with Gasteiger partial charge in [-0.1, -0.05) is 12.1 Å². The number of hydrogen-bond acceptors (Lipinski definition) is 4. The summed E-state index contributed by atoms with van der Waals surface area (Å²) in [6.07, 6.45) is 1.98. The zero-order chi connectivity index (χ0) is 17.1. The summed E-state index contributed by atoms with van der Waals surface area (Å²) < 4.78 is 36.3. The van der Waals surface area contributed by atoms with Crippen molar-refractivity contribution in [2.75, 3.05) is 14.2 Å². The first-order valence-corrected chi connectivity index (χ1v) is 8.50. The number of nitrogens with one attached hydrogen (secondary N) is 1. The molecule has 0 saturated heterocycles. The third-order valence-electron chi connectivity index (χ3n) is 3.82. The molecule has 2 aromatic carbocycles. The number of thiol groups is 1. The second kappa shape index (κ2) is 6.94. The first-order chi connectivity index (χ1) is 11.6. The van der Waals surface area contributed by atoms with E-state index in [0.717, 1.165) is 22.2 Å². The van der Waals surface area contributed by atoms with E-state index in [2.05, 4.69) is 4.72 Å². The van der Waals surface area contributed by atoms with Gasteiger partial charge in [-0.2, -0.15) is 0 Å². The van der Waals surface area contributed by atoms with E-state index in [9.17, 15) is 8.42 Å². The van der Waals surface area contributed by atoms with Gasteiger partial charge in [0, 0.05) is 29.9 Å². The highest BCUT2D eigenvalue weighted by atomic mass is 32.2. The van der Waals surface area contributed by atoms with Gasteiger partial charge in [-0.3, -0.25) is 0 Å². The number of benzene rings is 2. The van der Waals surface area contributed by atoms with Crippen molar-refractivity contribution < 1.29 is 17.9 Å². The fraction of sp³-hybridized carbons (Fsp3) is 0.176. The van der Waals surface area contributed by atoms with Crippen molar-refractivity contribution in [2.24, 2.45) is 0 Å². The van der Waals surface area contributed by atoms with Gasteiger partial charge in [-0.25, -0.2) is 13.1 Å². The lowest BCUT2D eigenvalue weighted by atomic mass is 10.2. The van der Waals surface area contributed by atoms with Crippen molar-refractivity contribution >= 4 is 21.8 Å². The van der Waals surface area contributed by atoms with Gasteiger partial charge in [0.25, 0.3) is 0 Å². The van der Waals surface area contributed by atoms with E-state index in [1.807, 2.05) is 53.2 Å². The molecule has 0 fully saturated rings. The molecule has 0 bridgehead atoms. The Morgan fingerprint density at radius 3 is 2.29 bits per heavy atom. The Kier molecular flexibility index (Phi) is 4.73. The molecule has 0 amide bonds. The van der Waals surface area contributed by atoms with Gasteiger partial charge in [-0.15, -0.1) is 0 Å².